The molecule has 0 radical (unpaired) electrons. The van der Waals surface area contributed by atoms with Gasteiger partial charge in [-0.3, -0.25) is 4.90 Å². The fourth-order valence-electron chi connectivity index (χ4n) is 8.39. The lowest BCUT2D eigenvalue weighted by Gasteiger charge is -2.49. The lowest BCUT2D eigenvalue weighted by molar-refractivity contribution is -0.0869. The van der Waals surface area contributed by atoms with Gasteiger partial charge in [-0.25, -0.2) is 4.79 Å². The van der Waals surface area contributed by atoms with Crippen LogP contribution in [0.15, 0.2) is 11.8 Å². The summed E-state index contributed by atoms with van der Waals surface area (Å²) in [6.07, 6.45) is 11.7. The maximum Gasteiger partial charge on any atom is 0.414 e. The summed E-state index contributed by atoms with van der Waals surface area (Å²) < 4.78 is 5.29. The quantitative estimate of drug-likeness (QED) is 0.726. The molecule has 1 amide bonds. The zero-order valence-corrected chi connectivity index (χ0v) is 17.0. The zero-order chi connectivity index (χ0) is 19.0. The third-order valence-electron chi connectivity index (χ3n) is 9.34. The third kappa shape index (κ3) is 2.35. The van der Waals surface area contributed by atoms with Crippen molar-refractivity contribution in [2.45, 2.75) is 76.0 Å². The first-order chi connectivity index (χ1) is 13.6. The number of nitrogens with one attached hydrogen (secondary N) is 1. The molecule has 6 aliphatic rings. The van der Waals surface area contributed by atoms with Gasteiger partial charge in [-0.1, -0.05) is 18.9 Å². The Morgan fingerprint density at radius 1 is 1.25 bits per heavy atom. The molecule has 154 valence electrons. The maximum atomic E-state index is 12.4. The van der Waals surface area contributed by atoms with Crippen molar-refractivity contribution in [3.05, 3.63) is 11.8 Å². The lowest BCUT2D eigenvalue weighted by Crippen LogP contribution is -2.58. The molecule has 2 N–H and O–H groups in total. The van der Waals surface area contributed by atoms with Crippen LogP contribution in [0.25, 0.3) is 0 Å². The Morgan fingerprint density at radius 3 is 2.93 bits per heavy atom. The molecule has 2 aliphatic heterocycles. The molecule has 9 atom stereocenters. The summed E-state index contributed by atoms with van der Waals surface area (Å²) in [6, 6.07) is 1.03. The van der Waals surface area contributed by atoms with E-state index >= 15 is 0 Å². The fourth-order valence-corrected chi connectivity index (χ4v) is 8.39. The molecule has 2 heterocycles. The number of cyclic esters (lactones) is 1. The monoisotopic (exact) mass is 386 g/mol. The van der Waals surface area contributed by atoms with Crippen LogP contribution >= 0.6 is 0 Å². The predicted molar refractivity (Wildman–Crippen MR) is 105 cm³/mol. The van der Waals surface area contributed by atoms with Crippen molar-refractivity contribution in [2.24, 2.45) is 35.5 Å². The van der Waals surface area contributed by atoms with Gasteiger partial charge in [-0.2, -0.15) is 0 Å². The molecule has 4 aliphatic carbocycles. The number of hydrogen-bond donors (Lipinski definition) is 2. The number of nitrogens with zero attached hydrogens (tertiary/aromatic N) is 1. The molecule has 5 heteroatoms. The van der Waals surface area contributed by atoms with Crippen molar-refractivity contribution < 1.29 is 14.6 Å². The van der Waals surface area contributed by atoms with E-state index in [2.05, 4.69) is 18.3 Å². The number of carbonyl (C=O) groups is 1. The first kappa shape index (κ1) is 17.8. The van der Waals surface area contributed by atoms with Crippen LogP contribution in [0.3, 0.4) is 0 Å². The van der Waals surface area contributed by atoms with Crippen LogP contribution in [0.1, 0.15) is 58.3 Å². The van der Waals surface area contributed by atoms with Crippen LogP contribution in [0.4, 0.5) is 4.79 Å². The Hall–Kier alpha value is -1.07. The second-order valence-electron chi connectivity index (χ2n) is 10.6. The number of hydrogen-bond acceptors (Lipinski definition) is 4. The van der Waals surface area contributed by atoms with Crippen molar-refractivity contribution in [2.75, 3.05) is 13.2 Å². The normalized spacial score (nSPS) is 52.4. The van der Waals surface area contributed by atoms with Gasteiger partial charge < -0.3 is 15.2 Å². The van der Waals surface area contributed by atoms with Gasteiger partial charge in [0.25, 0.3) is 0 Å². The Kier molecular flexibility index (Phi) is 3.94. The summed E-state index contributed by atoms with van der Waals surface area (Å²) in [5, 5.41) is 15.9. The largest absolute Gasteiger partial charge is 0.447 e. The van der Waals surface area contributed by atoms with E-state index in [1.165, 1.54) is 37.8 Å². The first-order valence-electron chi connectivity index (χ1n) is 11.7. The Bertz CT molecular complexity index is 708. The summed E-state index contributed by atoms with van der Waals surface area (Å²) in [7, 11) is 0. The van der Waals surface area contributed by atoms with Gasteiger partial charge in [-0.15, -0.1) is 0 Å². The molecule has 3 saturated carbocycles. The predicted octanol–water partition coefficient (Wildman–Crippen LogP) is 3.29. The van der Waals surface area contributed by atoms with Gasteiger partial charge in [0.1, 0.15) is 6.61 Å². The summed E-state index contributed by atoms with van der Waals surface area (Å²) in [4.78, 5) is 14.3. The molecule has 2 bridgehead atoms. The molecule has 0 aromatic rings. The maximum absolute atomic E-state index is 12.4. The van der Waals surface area contributed by atoms with Crippen LogP contribution in [-0.4, -0.2) is 46.9 Å². The standard InChI is InChI=1S/C23H34N2O3/c1-13-6-7-17-19(24-13)10-14-12-23(17,27)18-11-20(25-8-9-28-22(25)26)15-4-2-3-5-16(15)21(14)18/h11,13-19,21,24,27H,2-10,12H2,1H3/t13-,14-,15+,16+,17+,18+,19+,21-,23?/m0/s1. The van der Waals surface area contributed by atoms with Gasteiger partial charge in [0.2, 0.25) is 0 Å². The highest BCUT2D eigenvalue weighted by Gasteiger charge is 2.65. The summed E-state index contributed by atoms with van der Waals surface area (Å²) in [6.45, 7) is 3.47. The minimum atomic E-state index is -0.595. The van der Waals surface area contributed by atoms with E-state index in [0.717, 1.165) is 19.3 Å². The second-order valence-corrected chi connectivity index (χ2v) is 10.6. The van der Waals surface area contributed by atoms with Gasteiger partial charge in [-0.05, 0) is 63.2 Å². The molecule has 1 unspecified atom stereocenters. The topological polar surface area (TPSA) is 61.8 Å². The number of rotatable bonds is 1. The second kappa shape index (κ2) is 6.21. The third-order valence-corrected chi connectivity index (χ3v) is 9.34. The molecule has 6 rings (SSSR count). The van der Waals surface area contributed by atoms with Crippen LogP contribution < -0.4 is 5.32 Å². The molecular weight excluding hydrogens is 352 g/mol. The molecule has 0 aromatic carbocycles. The van der Waals surface area contributed by atoms with E-state index in [4.69, 9.17) is 4.74 Å². The zero-order valence-electron chi connectivity index (χ0n) is 17.0. The fraction of sp³-hybridized carbons (Fsp3) is 0.870. The number of aliphatic hydroxyl groups is 1. The summed E-state index contributed by atoms with van der Waals surface area (Å²) >= 11 is 0. The van der Waals surface area contributed by atoms with Gasteiger partial charge in [0.15, 0.2) is 0 Å². The first-order valence-corrected chi connectivity index (χ1v) is 11.7. The minimum Gasteiger partial charge on any atom is -0.447 e. The SMILES string of the molecule is C[C@H]1CC[C@@H]2[C@@H](C[C@H]3CC2(O)[C@@H]2C=C(N4CCOC4=O)[C@@H]4CCCC[C@H]4[C@H]32)N1. The van der Waals surface area contributed by atoms with E-state index < -0.39 is 5.60 Å². The van der Waals surface area contributed by atoms with Gasteiger partial charge in [0.05, 0.1) is 12.1 Å². The number of piperidine rings is 1. The van der Waals surface area contributed by atoms with E-state index in [9.17, 15) is 9.90 Å². The van der Waals surface area contributed by atoms with Crippen LogP contribution in [-0.2, 0) is 4.74 Å². The van der Waals surface area contributed by atoms with E-state index in [-0.39, 0.29) is 12.0 Å². The van der Waals surface area contributed by atoms with E-state index in [0.29, 0.717) is 54.8 Å². The smallest absolute Gasteiger partial charge is 0.414 e. The number of ether oxygens (including phenoxy) is 1. The van der Waals surface area contributed by atoms with E-state index in [1.807, 2.05) is 4.90 Å². The molecule has 0 aromatic heterocycles. The highest BCUT2D eigenvalue weighted by atomic mass is 16.6. The molecular formula is C23H34N2O3. The van der Waals surface area contributed by atoms with Crippen molar-refractivity contribution in [3.63, 3.8) is 0 Å². The van der Waals surface area contributed by atoms with Crippen LogP contribution in [0.5, 0.6) is 0 Å². The molecule has 2 saturated heterocycles. The molecule has 5 fully saturated rings. The molecule has 28 heavy (non-hydrogen) atoms. The van der Waals surface area contributed by atoms with Crippen molar-refractivity contribution in [1.82, 2.24) is 10.2 Å². The lowest BCUT2D eigenvalue weighted by atomic mass is 9.61. The van der Waals surface area contributed by atoms with E-state index in [1.54, 1.807) is 0 Å². The number of amides is 1. The van der Waals surface area contributed by atoms with Crippen LogP contribution in [0.2, 0.25) is 0 Å². The highest BCUT2D eigenvalue weighted by Crippen LogP contribution is 2.64. The minimum absolute atomic E-state index is 0.173. The average molecular weight is 387 g/mol. The highest BCUT2D eigenvalue weighted by molar-refractivity contribution is 5.72. The Balaban J connectivity index is 1.42. The number of carbonyl (C=O) groups excluding carboxylic acids is 1. The molecule has 5 nitrogen and oxygen atoms in total. The van der Waals surface area contributed by atoms with Gasteiger partial charge >= 0.3 is 6.09 Å². The van der Waals surface area contributed by atoms with Crippen molar-refractivity contribution >= 4 is 6.09 Å². The van der Waals surface area contributed by atoms with Crippen LogP contribution in [0, 0.1) is 35.5 Å². The van der Waals surface area contributed by atoms with Gasteiger partial charge in [0, 0.05) is 35.5 Å². The average Bonchev–Trinajstić information content (AvgIpc) is 3.20. The Morgan fingerprint density at radius 2 is 2.11 bits per heavy atom. The number of allylic oxidation sites excluding steroid dienone is 1. The molecule has 0 spiro atoms. The Labute approximate surface area is 167 Å². The van der Waals surface area contributed by atoms with Crippen molar-refractivity contribution in [3.8, 4) is 0 Å². The van der Waals surface area contributed by atoms with Crippen molar-refractivity contribution in [1.29, 1.82) is 0 Å². The number of fused-ring (bicyclic) bond motifs is 9. The summed E-state index contributed by atoms with van der Waals surface area (Å²) in [5.41, 5.74) is 0.603. The summed E-state index contributed by atoms with van der Waals surface area (Å²) in [5.74, 6) is 2.91.